The Morgan fingerprint density at radius 1 is 0.960 bits per heavy atom. The van der Waals surface area contributed by atoms with E-state index < -0.39 is 0 Å². The Hall–Kier alpha value is -2.33. The van der Waals surface area contributed by atoms with Crippen LogP contribution in [0, 0.1) is 0 Å². The Morgan fingerprint density at radius 2 is 1.56 bits per heavy atom. The van der Waals surface area contributed by atoms with Gasteiger partial charge in [0.2, 0.25) is 0 Å². The Balaban J connectivity index is 2.45. The number of rotatable bonds is 7. The number of hydrogen-bond acceptors (Lipinski definition) is 4. The van der Waals surface area contributed by atoms with E-state index >= 15 is 0 Å². The molecule has 0 spiro atoms. The monoisotopic (exact) mass is 339 g/mol. The van der Waals surface area contributed by atoms with Gasteiger partial charge in [-0.1, -0.05) is 47.6 Å². The molecule has 4 nitrogen and oxygen atoms in total. The van der Waals surface area contributed by atoms with Gasteiger partial charge in [-0.25, -0.2) is 0 Å². The van der Waals surface area contributed by atoms with Gasteiger partial charge in [0.1, 0.15) is 12.8 Å². The fourth-order valence-corrected chi connectivity index (χ4v) is 2.92. The second-order valence-corrected chi connectivity index (χ2v) is 6.89. The van der Waals surface area contributed by atoms with E-state index in [9.17, 15) is 0 Å². The van der Waals surface area contributed by atoms with E-state index in [-0.39, 0.29) is 5.54 Å². The molecule has 0 radical (unpaired) electrons. The zero-order chi connectivity index (χ0) is 18.4. The van der Waals surface area contributed by atoms with E-state index in [1.165, 1.54) is 5.56 Å². The van der Waals surface area contributed by atoms with Gasteiger partial charge in [0, 0.05) is 25.3 Å². The number of anilines is 1. The molecule has 0 N–H and O–H groups in total. The largest absolute Gasteiger partial charge is 0.399 e. The van der Waals surface area contributed by atoms with E-state index in [4.69, 9.17) is 4.84 Å². The lowest BCUT2D eigenvalue weighted by Gasteiger charge is -2.37. The second-order valence-electron chi connectivity index (χ2n) is 6.89. The van der Waals surface area contributed by atoms with Gasteiger partial charge in [-0.05, 0) is 45.1 Å². The molecule has 0 heterocycles. The summed E-state index contributed by atoms with van der Waals surface area (Å²) in [5, 5.41) is 4.42. The zero-order valence-corrected chi connectivity index (χ0v) is 16.2. The first kappa shape index (κ1) is 19.0. The summed E-state index contributed by atoms with van der Waals surface area (Å²) in [7, 11) is 9.86. The van der Waals surface area contributed by atoms with Crippen molar-refractivity contribution >= 4 is 11.4 Å². The molecule has 0 saturated carbocycles. The number of hydrogen-bond donors (Lipinski definition) is 0. The molecule has 0 aliphatic carbocycles. The minimum Gasteiger partial charge on any atom is -0.399 e. The highest BCUT2D eigenvalue weighted by atomic mass is 16.6. The molecule has 2 aromatic rings. The SMILES string of the molecule is CO/N=C(\c1ccc(N(C)C)cc1)C(C)(Cc1ccccc1)N(C)C. The third-order valence-corrected chi connectivity index (χ3v) is 4.73. The van der Waals surface area contributed by atoms with Gasteiger partial charge < -0.3 is 9.74 Å². The van der Waals surface area contributed by atoms with E-state index in [1.807, 2.05) is 20.2 Å². The summed E-state index contributed by atoms with van der Waals surface area (Å²) >= 11 is 0. The van der Waals surface area contributed by atoms with Crippen LogP contribution in [0.15, 0.2) is 59.8 Å². The predicted molar refractivity (Wildman–Crippen MR) is 107 cm³/mol. The maximum absolute atomic E-state index is 5.22. The van der Waals surface area contributed by atoms with Gasteiger partial charge in [-0.15, -0.1) is 0 Å². The standard InChI is InChI=1S/C21H29N3O/c1-21(24(4)5,16-17-10-8-7-9-11-17)20(22-25-6)18-12-14-19(15-13-18)23(2)3/h7-15H,16H2,1-6H3/b22-20+. The van der Waals surface area contributed by atoms with Crippen LogP contribution in [-0.2, 0) is 11.3 Å². The normalized spacial score (nSPS) is 14.3. The van der Waals surface area contributed by atoms with Crippen LogP contribution < -0.4 is 4.90 Å². The van der Waals surface area contributed by atoms with Crippen molar-refractivity contribution in [3.8, 4) is 0 Å². The number of benzene rings is 2. The average molecular weight is 339 g/mol. The lowest BCUT2D eigenvalue weighted by molar-refractivity contribution is 0.195. The quantitative estimate of drug-likeness (QED) is 0.569. The highest BCUT2D eigenvalue weighted by Crippen LogP contribution is 2.26. The van der Waals surface area contributed by atoms with Crippen LogP contribution in [-0.4, -0.2) is 51.5 Å². The summed E-state index contributed by atoms with van der Waals surface area (Å²) < 4.78 is 0. The molecule has 1 unspecified atom stereocenters. The van der Waals surface area contributed by atoms with Gasteiger partial charge in [0.15, 0.2) is 0 Å². The molecular formula is C21H29N3O. The Labute approximate surface area is 151 Å². The molecule has 25 heavy (non-hydrogen) atoms. The maximum Gasteiger partial charge on any atom is 0.107 e. The molecule has 0 aliphatic rings. The van der Waals surface area contributed by atoms with Crippen LogP contribution in [0.25, 0.3) is 0 Å². The van der Waals surface area contributed by atoms with Crippen molar-refractivity contribution < 1.29 is 4.84 Å². The van der Waals surface area contributed by atoms with Gasteiger partial charge in [0.05, 0.1) is 5.54 Å². The minimum absolute atomic E-state index is 0.295. The summed E-state index contributed by atoms with van der Waals surface area (Å²) in [6, 6.07) is 18.9. The fraction of sp³-hybridized carbons (Fsp3) is 0.381. The van der Waals surface area contributed by atoms with Gasteiger partial charge in [-0.3, -0.25) is 4.90 Å². The molecule has 134 valence electrons. The molecule has 4 heteroatoms. The predicted octanol–water partition coefficient (Wildman–Crippen LogP) is 3.67. The number of nitrogens with zero attached hydrogens (tertiary/aromatic N) is 3. The summed E-state index contributed by atoms with van der Waals surface area (Å²) in [5.41, 5.74) is 4.13. The highest BCUT2D eigenvalue weighted by Gasteiger charge is 2.35. The first-order chi connectivity index (χ1) is 11.9. The van der Waals surface area contributed by atoms with Crippen molar-refractivity contribution in [2.45, 2.75) is 18.9 Å². The molecule has 0 aliphatic heterocycles. The fourth-order valence-electron chi connectivity index (χ4n) is 2.92. The van der Waals surface area contributed by atoms with Gasteiger partial charge in [0.25, 0.3) is 0 Å². The highest BCUT2D eigenvalue weighted by molar-refractivity contribution is 6.07. The van der Waals surface area contributed by atoms with E-state index in [0.29, 0.717) is 0 Å². The van der Waals surface area contributed by atoms with Crippen molar-refractivity contribution in [1.29, 1.82) is 0 Å². The van der Waals surface area contributed by atoms with E-state index in [0.717, 1.165) is 23.4 Å². The maximum atomic E-state index is 5.22. The second kappa shape index (κ2) is 8.17. The minimum atomic E-state index is -0.295. The topological polar surface area (TPSA) is 28.1 Å². The molecule has 2 aromatic carbocycles. The molecule has 0 fully saturated rings. The molecule has 0 amide bonds. The van der Waals surface area contributed by atoms with Crippen LogP contribution in [0.5, 0.6) is 0 Å². The first-order valence-corrected chi connectivity index (χ1v) is 8.49. The summed E-state index contributed by atoms with van der Waals surface area (Å²) in [4.78, 5) is 9.52. The van der Waals surface area contributed by atoms with Crippen LogP contribution >= 0.6 is 0 Å². The van der Waals surface area contributed by atoms with Gasteiger partial charge >= 0.3 is 0 Å². The van der Waals surface area contributed by atoms with E-state index in [1.54, 1.807) is 7.11 Å². The molecule has 0 aromatic heterocycles. The summed E-state index contributed by atoms with van der Waals surface area (Å²) in [6.45, 7) is 2.21. The van der Waals surface area contributed by atoms with Crippen molar-refractivity contribution in [3.63, 3.8) is 0 Å². The van der Waals surface area contributed by atoms with Crippen LogP contribution in [0.1, 0.15) is 18.1 Å². The third kappa shape index (κ3) is 4.40. The summed E-state index contributed by atoms with van der Waals surface area (Å²) in [6.07, 6.45) is 0.846. The third-order valence-electron chi connectivity index (χ3n) is 4.73. The zero-order valence-electron chi connectivity index (χ0n) is 16.2. The van der Waals surface area contributed by atoms with E-state index in [2.05, 4.69) is 84.5 Å². The van der Waals surface area contributed by atoms with Crippen LogP contribution in [0.2, 0.25) is 0 Å². The average Bonchev–Trinajstić information content (AvgIpc) is 2.60. The Bertz CT molecular complexity index is 693. The first-order valence-electron chi connectivity index (χ1n) is 8.49. The van der Waals surface area contributed by atoms with Crippen LogP contribution in [0.4, 0.5) is 5.69 Å². The van der Waals surface area contributed by atoms with Crippen molar-refractivity contribution in [2.24, 2.45) is 5.16 Å². The molecular weight excluding hydrogens is 310 g/mol. The van der Waals surface area contributed by atoms with Gasteiger partial charge in [-0.2, -0.15) is 0 Å². The summed E-state index contributed by atoms with van der Waals surface area (Å²) in [5.74, 6) is 0. The molecule has 0 bridgehead atoms. The smallest absolute Gasteiger partial charge is 0.107 e. The lowest BCUT2D eigenvalue weighted by Crippen LogP contribution is -2.50. The number of oxime groups is 1. The molecule has 0 saturated heterocycles. The molecule has 1 atom stereocenters. The Morgan fingerprint density at radius 3 is 2.04 bits per heavy atom. The Kier molecular flexibility index (Phi) is 6.21. The molecule has 2 rings (SSSR count). The van der Waals surface area contributed by atoms with Crippen molar-refractivity contribution in [3.05, 3.63) is 65.7 Å². The lowest BCUT2D eigenvalue weighted by atomic mass is 9.83. The van der Waals surface area contributed by atoms with Crippen LogP contribution in [0.3, 0.4) is 0 Å². The van der Waals surface area contributed by atoms with Crippen molar-refractivity contribution in [1.82, 2.24) is 4.90 Å². The van der Waals surface area contributed by atoms with Crippen molar-refractivity contribution in [2.75, 3.05) is 40.2 Å². The number of likely N-dealkylation sites (N-methyl/N-ethyl adjacent to an activating group) is 1.